The normalized spacial score (nSPS) is 10.9. The van der Waals surface area contributed by atoms with Gasteiger partial charge in [0.2, 0.25) is 0 Å². The number of nitrogens with zero attached hydrogens (tertiary/aromatic N) is 1. The van der Waals surface area contributed by atoms with E-state index >= 15 is 0 Å². The molecule has 0 aliphatic heterocycles. The summed E-state index contributed by atoms with van der Waals surface area (Å²) in [5.74, 6) is -0.870. The van der Waals surface area contributed by atoms with Gasteiger partial charge in [-0.2, -0.15) is 0 Å². The standard InChI is InChI=1S/C30H22Cl2N2O3S/c1-3-37-30(36)27-23(18-10-8-17(2)9-11-18)16-38-29(27)34-28(35)22-15-26(21-13-12-19(31)14-24(21)32)33-25-7-5-4-6-20(22)25/h4-16H,3H2,1-2H3,(H,34,35). The van der Waals surface area contributed by atoms with Crippen molar-refractivity contribution < 1.29 is 14.3 Å². The Morgan fingerprint density at radius 2 is 1.74 bits per heavy atom. The summed E-state index contributed by atoms with van der Waals surface area (Å²) < 4.78 is 5.35. The molecule has 8 heteroatoms. The van der Waals surface area contributed by atoms with Gasteiger partial charge in [0, 0.05) is 26.9 Å². The van der Waals surface area contributed by atoms with Crippen LogP contribution in [0.25, 0.3) is 33.3 Å². The highest BCUT2D eigenvalue weighted by Crippen LogP contribution is 2.37. The van der Waals surface area contributed by atoms with E-state index in [0.717, 1.165) is 11.1 Å². The molecule has 5 nitrogen and oxygen atoms in total. The van der Waals surface area contributed by atoms with E-state index in [-0.39, 0.29) is 12.5 Å². The number of hydrogen-bond donors (Lipinski definition) is 1. The fourth-order valence-corrected chi connectivity index (χ4v) is 5.63. The minimum atomic E-state index is -0.493. The lowest BCUT2D eigenvalue weighted by molar-refractivity contribution is 0.0529. The summed E-state index contributed by atoms with van der Waals surface area (Å²) in [5.41, 5.74) is 5.23. The Morgan fingerprint density at radius 1 is 0.974 bits per heavy atom. The number of amides is 1. The highest BCUT2D eigenvalue weighted by molar-refractivity contribution is 7.15. The number of halogens is 2. The zero-order valence-corrected chi connectivity index (χ0v) is 22.9. The summed E-state index contributed by atoms with van der Waals surface area (Å²) >= 11 is 13.8. The molecular formula is C30H22Cl2N2O3S. The number of anilines is 1. The smallest absolute Gasteiger partial charge is 0.341 e. The Balaban J connectivity index is 1.59. The first-order chi connectivity index (χ1) is 18.4. The van der Waals surface area contributed by atoms with Gasteiger partial charge < -0.3 is 10.1 Å². The fourth-order valence-electron chi connectivity index (χ4n) is 4.17. The summed E-state index contributed by atoms with van der Waals surface area (Å²) in [6, 6.07) is 22.1. The summed E-state index contributed by atoms with van der Waals surface area (Å²) in [5, 5.41) is 6.84. The highest BCUT2D eigenvalue weighted by Gasteiger charge is 2.24. The first-order valence-corrected chi connectivity index (χ1v) is 13.5. The molecule has 1 N–H and O–H groups in total. The number of nitrogens with one attached hydrogen (secondary N) is 1. The molecule has 38 heavy (non-hydrogen) atoms. The molecule has 1 amide bonds. The number of benzene rings is 3. The van der Waals surface area contributed by atoms with Crippen molar-refractivity contribution >= 4 is 62.3 Å². The summed E-state index contributed by atoms with van der Waals surface area (Å²) in [7, 11) is 0. The molecule has 0 unspecified atom stereocenters. The van der Waals surface area contributed by atoms with Crippen molar-refractivity contribution in [3.05, 3.63) is 105 Å². The van der Waals surface area contributed by atoms with Crippen molar-refractivity contribution in [3.8, 4) is 22.4 Å². The van der Waals surface area contributed by atoms with Crippen LogP contribution in [-0.4, -0.2) is 23.5 Å². The van der Waals surface area contributed by atoms with E-state index in [4.69, 9.17) is 32.9 Å². The van der Waals surface area contributed by atoms with Crippen LogP contribution in [0, 0.1) is 6.92 Å². The van der Waals surface area contributed by atoms with Gasteiger partial charge in [0.25, 0.3) is 5.91 Å². The molecule has 0 saturated carbocycles. The molecule has 0 fully saturated rings. The number of para-hydroxylation sites is 1. The summed E-state index contributed by atoms with van der Waals surface area (Å²) in [4.78, 5) is 31.5. The zero-order chi connectivity index (χ0) is 26.8. The number of carbonyl (C=O) groups is 2. The van der Waals surface area contributed by atoms with Crippen LogP contribution in [0.3, 0.4) is 0 Å². The van der Waals surface area contributed by atoms with Crippen LogP contribution in [0.5, 0.6) is 0 Å². The van der Waals surface area contributed by atoms with Crippen molar-refractivity contribution in [2.75, 3.05) is 11.9 Å². The molecule has 0 atom stereocenters. The Kier molecular flexibility index (Phi) is 7.47. The number of hydrogen-bond acceptors (Lipinski definition) is 5. The van der Waals surface area contributed by atoms with Crippen molar-refractivity contribution in [2.24, 2.45) is 0 Å². The number of ether oxygens (including phenoxy) is 1. The molecule has 5 aromatic rings. The summed E-state index contributed by atoms with van der Waals surface area (Å²) in [6.07, 6.45) is 0. The molecule has 0 radical (unpaired) electrons. The summed E-state index contributed by atoms with van der Waals surface area (Å²) in [6.45, 7) is 3.97. The van der Waals surface area contributed by atoms with Crippen molar-refractivity contribution in [3.63, 3.8) is 0 Å². The second-order valence-electron chi connectivity index (χ2n) is 8.59. The number of esters is 1. The Hall–Kier alpha value is -3.71. The molecule has 0 spiro atoms. The highest BCUT2D eigenvalue weighted by atomic mass is 35.5. The number of carbonyl (C=O) groups excluding carboxylic acids is 2. The van der Waals surface area contributed by atoms with E-state index in [9.17, 15) is 9.59 Å². The molecule has 0 aliphatic carbocycles. The van der Waals surface area contributed by atoms with E-state index in [1.807, 2.05) is 60.8 Å². The number of fused-ring (bicyclic) bond motifs is 1. The van der Waals surface area contributed by atoms with Crippen LogP contribution in [0.2, 0.25) is 10.0 Å². The van der Waals surface area contributed by atoms with E-state index in [1.165, 1.54) is 11.3 Å². The Morgan fingerprint density at radius 3 is 2.47 bits per heavy atom. The SMILES string of the molecule is CCOC(=O)c1c(-c2ccc(C)cc2)csc1NC(=O)c1cc(-c2ccc(Cl)cc2Cl)nc2ccccc12. The van der Waals surface area contributed by atoms with Gasteiger partial charge in [-0.1, -0.05) is 71.2 Å². The minimum Gasteiger partial charge on any atom is -0.462 e. The van der Waals surface area contributed by atoms with Crippen molar-refractivity contribution in [1.29, 1.82) is 0 Å². The van der Waals surface area contributed by atoms with Gasteiger partial charge in [0.15, 0.2) is 0 Å². The van der Waals surface area contributed by atoms with Gasteiger partial charge in [-0.15, -0.1) is 11.3 Å². The van der Waals surface area contributed by atoms with Gasteiger partial charge in [-0.25, -0.2) is 9.78 Å². The van der Waals surface area contributed by atoms with Gasteiger partial charge >= 0.3 is 5.97 Å². The third-order valence-corrected chi connectivity index (χ3v) is 7.47. The van der Waals surface area contributed by atoms with Crippen LogP contribution in [0.15, 0.2) is 78.2 Å². The number of thiophene rings is 1. The van der Waals surface area contributed by atoms with E-state index in [1.54, 1.807) is 31.2 Å². The predicted molar refractivity (Wildman–Crippen MR) is 156 cm³/mol. The van der Waals surface area contributed by atoms with Gasteiger partial charge in [0.05, 0.1) is 28.4 Å². The van der Waals surface area contributed by atoms with Crippen LogP contribution < -0.4 is 5.32 Å². The third-order valence-electron chi connectivity index (χ3n) is 6.03. The first-order valence-electron chi connectivity index (χ1n) is 11.9. The third kappa shape index (κ3) is 5.16. The number of aromatic nitrogens is 1. The molecule has 190 valence electrons. The van der Waals surface area contributed by atoms with E-state index in [0.29, 0.717) is 53.9 Å². The molecule has 0 saturated heterocycles. The second-order valence-corrected chi connectivity index (χ2v) is 10.3. The lowest BCUT2D eigenvalue weighted by Gasteiger charge is -2.12. The molecule has 3 aromatic carbocycles. The van der Waals surface area contributed by atoms with Crippen molar-refractivity contribution in [1.82, 2.24) is 4.98 Å². The first kappa shape index (κ1) is 25.9. The second kappa shape index (κ2) is 11.0. The van der Waals surface area contributed by atoms with E-state index in [2.05, 4.69) is 5.32 Å². The maximum Gasteiger partial charge on any atom is 0.341 e. The van der Waals surface area contributed by atoms with Gasteiger partial charge in [-0.3, -0.25) is 4.79 Å². The van der Waals surface area contributed by atoms with Crippen molar-refractivity contribution in [2.45, 2.75) is 13.8 Å². The Labute approximate surface area is 234 Å². The topological polar surface area (TPSA) is 68.3 Å². The monoisotopic (exact) mass is 560 g/mol. The van der Waals surface area contributed by atoms with E-state index < -0.39 is 5.97 Å². The molecular weight excluding hydrogens is 539 g/mol. The van der Waals surface area contributed by atoms with Gasteiger partial charge in [0.1, 0.15) is 10.6 Å². The van der Waals surface area contributed by atoms with Gasteiger partial charge in [-0.05, 0) is 49.7 Å². The number of pyridine rings is 1. The molecule has 0 aliphatic rings. The lowest BCUT2D eigenvalue weighted by Crippen LogP contribution is -2.15. The Bertz CT molecular complexity index is 1680. The maximum absolute atomic E-state index is 13.7. The lowest BCUT2D eigenvalue weighted by atomic mass is 10.0. The molecule has 5 rings (SSSR count). The minimum absolute atomic E-state index is 0.218. The average molecular weight is 561 g/mol. The maximum atomic E-state index is 13.7. The van der Waals surface area contributed by atoms with Crippen LogP contribution >= 0.6 is 34.5 Å². The quantitative estimate of drug-likeness (QED) is 0.211. The molecule has 2 heterocycles. The van der Waals surface area contributed by atoms with Crippen LogP contribution in [-0.2, 0) is 4.74 Å². The average Bonchev–Trinajstić information content (AvgIpc) is 3.32. The predicted octanol–water partition coefficient (Wildman–Crippen LogP) is 8.67. The largest absolute Gasteiger partial charge is 0.462 e. The molecule has 0 bridgehead atoms. The van der Waals surface area contributed by atoms with Crippen LogP contribution in [0.4, 0.5) is 5.00 Å². The number of aryl methyl sites for hydroxylation is 1. The zero-order valence-electron chi connectivity index (χ0n) is 20.5. The number of rotatable bonds is 6. The molecule has 2 aromatic heterocycles. The fraction of sp³-hybridized carbons (Fsp3) is 0.100. The van der Waals surface area contributed by atoms with Crippen LogP contribution in [0.1, 0.15) is 33.2 Å².